The second-order valence-electron chi connectivity index (χ2n) is 2.91. The highest BCUT2D eigenvalue weighted by atomic mass is 32.7. The van der Waals surface area contributed by atoms with Crippen molar-refractivity contribution in [2.75, 3.05) is 13.3 Å². The summed E-state index contributed by atoms with van der Waals surface area (Å²) in [6.07, 6.45) is 0. The van der Waals surface area contributed by atoms with Crippen LogP contribution < -0.4 is 0 Å². The Labute approximate surface area is 76.8 Å². The average molecular weight is 212 g/mol. The van der Waals surface area contributed by atoms with Crippen LogP contribution in [0.3, 0.4) is 0 Å². The minimum atomic E-state index is -2.86. The van der Waals surface area contributed by atoms with Gasteiger partial charge < -0.3 is 4.52 Å². The van der Waals surface area contributed by atoms with Crippen molar-refractivity contribution in [2.45, 2.75) is 13.8 Å². The summed E-state index contributed by atoms with van der Waals surface area (Å²) in [6, 6.07) is 0. The molecular formula is C7H14FO2PS. The Morgan fingerprint density at radius 2 is 2.25 bits per heavy atom. The Balaban J connectivity index is 3.88. The summed E-state index contributed by atoms with van der Waals surface area (Å²) in [4.78, 5) is 0. The van der Waals surface area contributed by atoms with Gasteiger partial charge in [-0.05, 0) is 17.3 Å². The third kappa shape index (κ3) is 6.89. The molecular weight excluding hydrogens is 198 g/mol. The molecule has 2 nitrogen and oxygen atoms in total. The van der Waals surface area contributed by atoms with Crippen LogP contribution in [0.25, 0.3) is 0 Å². The third-order valence-corrected chi connectivity index (χ3v) is 3.96. The van der Waals surface area contributed by atoms with Crippen LogP contribution in [-0.2, 0) is 9.09 Å². The molecule has 0 aromatic rings. The van der Waals surface area contributed by atoms with Crippen molar-refractivity contribution in [3.8, 4) is 0 Å². The first-order valence-electron chi connectivity index (χ1n) is 3.59. The smallest absolute Gasteiger partial charge is 0.261 e. The predicted octanol–water partition coefficient (Wildman–Crippen LogP) is 3.66. The van der Waals surface area contributed by atoms with Crippen molar-refractivity contribution in [3.63, 3.8) is 0 Å². The normalized spacial score (nSPS) is 16.1. The standard InChI is InChI=1S/C7H14FO2PS/c1-6(2)5-10-11(4,9)12-7(3)8/h6H,3,5H2,1-2,4H3. The van der Waals surface area contributed by atoms with Gasteiger partial charge in [0.2, 0.25) is 0 Å². The van der Waals surface area contributed by atoms with Crippen LogP contribution in [0.1, 0.15) is 13.8 Å². The van der Waals surface area contributed by atoms with Crippen LogP contribution >= 0.6 is 18.0 Å². The quantitative estimate of drug-likeness (QED) is 0.650. The first-order valence-corrected chi connectivity index (χ1v) is 7.09. The van der Waals surface area contributed by atoms with E-state index in [1.54, 1.807) is 0 Å². The molecule has 0 fully saturated rings. The van der Waals surface area contributed by atoms with Crippen LogP contribution in [0.5, 0.6) is 0 Å². The average Bonchev–Trinajstić information content (AvgIpc) is 1.81. The minimum absolute atomic E-state index is 0.298. The van der Waals surface area contributed by atoms with Gasteiger partial charge in [-0.15, -0.1) is 0 Å². The molecule has 0 radical (unpaired) electrons. The zero-order valence-corrected chi connectivity index (χ0v) is 9.25. The molecule has 0 spiro atoms. The van der Waals surface area contributed by atoms with Gasteiger partial charge in [-0.2, -0.15) is 4.39 Å². The number of hydrogen-bond acceptors (Lipinski definition) is 3. The molecule has 1 atom stereocenters. The molecule has 0 aromatic carbocycles. The molecule has 0 rings (SSSR count). The topological polar surface area (TPSA) is 26.3 Å². The number of rotatable bonds is 5. The molecule has 0 aliphatic rings. The molecule has 72 valence electrons. The summed E-state index contributed by atoms with van der Waals surface area (Å²) in [5.41, 5.74) is 0. The van der Waals surface area contributed by atoms with E-state index >= 15 is 0 Å². The molecule has 1 unspecified atom stereocenters. The lowest BCUT2D eigenvalue weighted by Crippen LogP contribution is -1.98. The second-order valence-corrected chi connectivity index (χ2v) is 7.87. The molecule has 12 heavy (non-hydrogen) atoms. The summed E-state index contributed by atoms with van der Waals surface area (Å²) in [5, 5.41) is -0.662. The largest absolute Gasteiger partial charge is 0.321 e. The molecule has 0 saturated heterocycles. The van der Waals surface area contributed by atoms with Crippen molar-refractivity contribution in [1.29, 1.82) is 0 Å². The maximum Gasteiger partial charge on any atom is 0.261 e. The van der Waals surface area contributed by atoms with E-state index in [2.05, 4.69) is 6.58 Å². The minimum Gasteiger partial charge on any atom is -0.321 e. The Hall–Kier alpha value is 0.210. The fraction of sp³-hybridized carbons (Fsp3) is 0.714. The van der Waals surface area contributed by atoms with E-state index in [9.17, 15) is 8.96 Å². The lowest BCUT2D eigenvalue weighted by atomic mass is 10.2. The van der Waals surface area contributed by atoms with Gasteiger partial charge >= 0.3 is 0 Å². The fourth-order valence-corrected chi connectivity index (χ4v) is 2.89. The van der Waals surface area contributed by atoms with E-state index in [1.807, 2.05) is 13.8 Å². The molecule has 0 bridgehead atoms. The molecule has 0 aromatic heterocycles. The van der Waals surface area contributed by atoms with Gasteiger partial charge in [-0.25, -0.2) is 0 Å². The van der Waals surface area contributed by atoms with Gasteiger partial charge in [0.05, 0.1) is 6.61 Å². The molecule has 0 amide bonds. The Bertz CT molecular complexity index is 206. The van der Waals surface area contributed by atoms with E-state index in [4.69, 9.17) is 4.52 Å². The molecule has 0 saturated carbocycles. The molecule has 0 aliphatic carbocycles. The first kappa shape index (κ1) is 12.2. The molecule has 5 heteroatoms. The van der Waals surface area contributed by atoms with Crippen LogP contribution in [0.2, 0.25) is 0 Å². The summed E-state index contributed by atoms with van der Waals surface area (Å²) >= 11 is 0.571. The SMILES string of the molecule is C=C(F)SP(C)(=O)OCC(C)C. The van der Waals surface area contributed by atoms with Gasteiger partial charge in [0.15, 0.2) is 5.16 Å². The Kier molecular flexibility index (Phi) is 5.14. The summed E-state index contributed by atoms with van der Waals surface area (Å²) in [5.74, 6) is 0.298. The summed E-state index contributed by atoms with van der Waals surface area (Å²) < 4.78 is 28.6. The first-order chi connectivity index (χ1) is 5.33. The van der Waals surface area contributed by atoms with E-state index in [0.29, 0.717) is 23.9 Å². The van der Waals surface area contributed by atoms with Crippen molar-refractivity contribution in [1.82, 2.24) is 0 Å². The van der Waals surface area contributed by atoms with E-state index in [-0.39, 0.29) is 0 Å². The van der Waals surface area contributed by atoms with Crippen molar-refractivity contribution in [3.05, 3.63) is 11.7 Å². The Morgan fingerprint density at radius 1 is 1.75 bits per heavy atom. The molecule has 0 N–H and O–H groups in total. The lowest BCUT2D eigenvalue weighted by molar-refractivity contribution is 0.282. The van der Waals surface area contributed by atoms with Gasteiger partial charge in [0.25, 0.3) is 6.57 Å². The predicted molar refractivity (Wildman–Crippen MR) is 52.2 cm³/mol. The molecule has 0 heterocycles. The lowest BCUT2D eigenvalue weighted by Gasteiger charge is -2.12. The highest BCUT2D eigenvalue weighted by Crippen LogP contribution is 2.59. The maximum atomic E-state index is 12.2. The highest BCUT2D eigenvalue weighted by molar-refractivity contribution is 8.58. The zero-order chi connectivity index (χ0) is 9.78. The van der Waals surface area contributed by atoms with E-state index < -0.39 is 11.7 Å². The van der Waals surface area contributed by atoms with Crippen LogP contribution in [0.15, 0.2) is 11.7 Å². The summed E-state index contributed by atoms with van der Waals surface area (Å²) in [6.45, 7) is 5.81. The fourth-order valence-electron chi connectivity index (χ4n) is 0.491. The van der Waals surface area contributed by atoms with Gasteiger partial charge in [0.1, 0.15) is 0 Å². The van der Waals surface area contributed by atoms with Crippen molar-refractivity contribution >= 4 is 18.0 Å². The third-order valence-electron chi connectivity index (χ3n) is 0.907. The Morgan fingerprint density at radius 3 is 2.58 bits per heavy atom. The molecule has 0 aliphatic heterocycles. The van der Waals surface area contributed by atoms with Gasteiger partial charge in [-0.3, -0.25) is 4.57 Å². The highest BCUT2D eigenvalue weighted by Gasteiger charge is 2.19. The van der Waals surface area contributed by atoms with E-state index in [1.165, 1.54) is 6.66 Å². The van der Waals surface area contributed by atoms with Gasteiger partial charge in [0, 0.05) is 6.66 Å². The maximum absolute atomic E-state index is 12.2. The van der Waals surface area contributed by atoms with E-state index in [0.717, 1.165) is 0 Å². The number of hydrogen-bond donors (Lipinski definition) is 0. The van der Waals surface area contributed by atoms with Crippen LogP contribution in [0, 0.1) is 5.92 Å². The zero-order valence-electron chi connectivity index (χ0n) is 7.54. The monoisotopic (exact) mass is 212 g/mol. The van der Waals surface area contributed by atoms with Crippen LogP contribution in [0.4, 0.5) is 4.39 Å². The number of halogens is 1. The van der Waals surface area contributed by atoms with Gasteiger partial charge in [-0.1, -0.05) is 20.4 Å². The van der Waals surface area contributed by atoms with Crippen molar-refractivity contribution in [2.24, 2.45) is 5.92 Å². The summed E-state index contributed by atoms with van der Waals surface area (Å²) in [7, 11) is 0. The van der Waals surface area contributed by atoms with Crippen molar-refractivity contribution < 1.29 is 13.5 Å². The second kappa shape index (κ2) is 5.05. The van der Waals surface area contributed by atoms with Crippen LogP contribution in [-0.4, -0.2) is 13.3 Å².